The Bertz CT molecular complexity index is 936. The maximum absolute atomic E-state index is 11.8. The average Bonchev–Trinajstić information content (AvgIpc) is 3.00. The number of phenolic OH excluding ortho intramolecular Hbond substituents is 1. The van der Waals surface area contributed by atoms with Crippen LogP contribution >= 0.6 is 11.8 Å². The molecule has 0 amide bonds. The molecule has 186 valence electrons. The van der Waals surface area contributed by atoms with Gasteiger partial charge in [-0.25, -0.2) is 0 Å². The summed E-state index contributed by atoms with van der Waals surface area (Å²) in [6, 6.07) is 3.85. The first-order valence-electron chi connectivity index (χ1n) is 12.8. The Hall–Kier alpha value is -0.493. The molecule has 4 rings (SSSR count). The molecule has 2 saturated carbocycles. The van der Waals surface area contributed by atoms with Gasteiger partial charge in [0.2, 0.25) is 0 Å². The topological polar surface area (TPSA) is 49.7 Å². The summed E-state index contributed by atoms with van der Waals surface area (Å²) in [4.78, 5) is 1.17. The lowest BCUT2D eigenvalue weighted by atomic mass is 9.42. The van der Waals surface area contributed by atoms with Crippen molar-refractivity contribution in [3.8, 4) is 5.75 Å². The fourth-order valence-electron chi connectivity index (χ4n) is 7.70. The van der Waals surface area contributed by atoms with Crippen LogP contribution in [0.2, 0.25) is 18.1 Å². The quantitative estimate of drug-likeness (QED) is 0.349. The molecule has 33 heavy (non-hydrogen) atoms. The molecular formula is C28H46O3SSi. The zero-order valence-corrected chi connectivity index (χ0v) is 24.3. The van der Waals surface area contributed by atoms with E-state index in [1.807, 2.05) is 12.1 Å². The molecular weight excluding hydrogens is 444 g/mol. The molecule has 0 bridgehead atoms. The fraction of sp³-hybridized carbons (Fsp3) is 0.786. The highest BCUT2D eigenvalue weighted by Crippen LogP contribution is 2.68. The van der Waals surface area contributed by atoms with Crippen LogP contribution in [-0.4, -0.2) is 37.0 Å². The Morgan fingerprint density at radius 3 is 2.30 bits per heavy atom. The first-order valence-corrected chi connectivity index (χ1v) is 16.9. The minimum Gasteiger partial charge on any atom is -0.508 e. The third-order valence-electron chi connectivity index (χ3n) is 10.8. The van der Waals surface area contributed by atoms with Crippen molar-refractivity contribution in [1.29, 1.82) is 0 Å². The van der Waals surface area contributed by atoms with E-state index in [-0.39, 0.29) is 27.4 Å². The summed E-state index contributed by atoms with van der Waals surface area (Å²) in [5.41, 5.74) is 2.36. The van der Waals surface area contributed by atoms with Gasteiger partial charge in [0.1, 0.15) is 5.75 Å². The van der Waals surface area contributed by atoms with Gasteiger partial charge in [-0.2, -0.15) is 0 Å². The van der Waals surface area contributed by atoms with Gasteiger partial charge in [-0.05, 0) is 96.0 Å². The molecule has 0 radical (unpaired) electrons. The van der Waals surface area contributed by atoms with Crippen LogP contribution in [0, 0.1) is 22.7 Å². The number of hydrogen-bond acceptors (Lipinski definition) is 4. The van der Waals surface area contributed by atoms with Crippen LogP contribution in [0.1, 0.15) is 78.9 Å². The maximum atomic E-state index is 11.8. The predicted molar refractivity (Wildman–Crippen MR) is 142 cm³/mol. The second kappa shape index (κ2) is 7.75. The van der Waals surface area contributed by atoms with Crippen molar-refractivity contribution in [2.45, 2.75) is 115 Å². The molecule has 1 aromatic carbocycles. The van der Waals surface area contributed by atoms with Gasteiger partial charge in [-0.1, -0.05) is 48.5 Å². The normalized spacial score (nSPS) is 37.9. The van der Waals surface area contributed by atoms with E-state index in [2.05, 4.69) is 67.8 Å². The molecule has 0 spiro atoms. The van der Waals surface area contributed by atoms with Gasteiger partial charge in [-0.15, -0.1) is 11.8 Å². The van der Waals surface area contributed by atoms with E-state index in [1.165, 1.54) is 16.0 Å². The highest BCUT2D eigenvalue weighted by Gasteiger charge is 2.66. The SMILES string of the molecule is CSc1cc(O)cc2c1C[C@@H]1[C@@]3(C)CC[C@H](O[Si](C)(C)C(C)(C)C)C(C)(C)[C@@H]3C[C@H](O)[C@@]21C. The van der Waals surface area contributed by atoms with E-state index in [4.69, 9.17) is 4.43 Å². The first kappa shape index (κ1) is 25.6. The van der Waals surface area contributed by atoms with Crippen molar-refractivity contribution in [1.82, 2.24) is 0 Å². The molecule has 1 aromatic rings. The number of fused-ring (bicyclic) bond motifs is 5. The molecule has 0 heterocycles. The van der Waals surface area contributed by atoms with Gasteiger partial charge >= 0.3 is 0 Å². The van der Waals surface area contributed by atoms with E-state index < -0.39 is 14.4 Å². The largest absolute Gasteiger partial charge is 0.508 e. The molecule has 0 aliphatic heterocycles. The van der Waals surface area contributed by atoms with Crippen molar-refractivity contribution >= 4 is 20.1 Å². The summed E-state index contributed by atoms with van der Waals surface area (Å²) < 4.78 is 7.06. The fourth-order valence-corrected chi connectivity index (χ4v) is 9.87. The summed E-state index contributed by atoms with van der Waals surface area (Å²) in [6.07, 6.45) is 5.95. The summed E-state index contributed by atoms with van der Waals surface area (Å²) in [7, 11) is -1.88. The maximum Gasteiger partial charge on any atom is 0.192 e. The first-order chi connectivity index (χ1) is 15.0. The number of phenols is 1. The summed E-state index contributed by atoms with van der Waals surface area (Å²) >= 11 is 1.71. The van der Waals surface area contributed by atoms with Crippen molar-refractivity contribution in [2.75, 3.05) is 6.26 Å². The van der Waals surface area contributed by atoms with Gasteiger partial charge in [0.05, 0.1) is 12.2 Å². The third kappa shape index (κ3) is 3.58. The molecule has 3 nitrogen and oxygen atoms in total. The van der Waals surface area contributed by atoms with E-state index in [9.17, 15) is 10.2 Å². The molecule has 3 aliphatic carbocycles. The lowest BCUT2D eigenvalue weighted by Gasteiger charge is -2.64. The highest BCUT2D eigenvalue weighted by atomic mass is 32.2. The lowest BCUT2D eigenvalue weighted by Crippen LogP contribution is -2.64. The number of rotatable bonds is 3. The Labute approximate surface area is 207 Å². The van der Waals surface area contributed by atoms with Crippen LogP contribution in [0.4, 0.5) is 0 Å². The number of hydrogen-bond donors (Lipinski definition) is 2. The van der Waals surface area contributed by atoms with E-state index in [0.717, 1.165) is 25.7 Å². The third-order valence-corrected chi connectivity index (χ3v) is 16.1. The molecule has 2 fully saturated rings. The van der Waals surface area contributed by atoms with E-state index >= 15 is 0 Å². The zero-order valence-electron chi connectivity index (χ0n) is 22.5. The zero-order chi connectivity index (χ0) is 24.8. The van der Waals surface area contributed by atoms with Gasteiger partial charge in [0.15, 0.2) is 8.32 Å². The van der Waals surface area contributed by atoms with Gasteiger partial charge < -0.3 is 14.6 Å². The Morgan fingerprint density at radius 1 is 1.09 bits per heavy atom. The molecule has 5 heteroatoms. The van der Waals surface area contributed by atoms with Gasteiger partial charge in [-0.3, -0.25) is 0 Å². The number of thioether (sulfide) groups is 1. The smallest absolute Gasteiger partial charge is 0.192 e. The Morgan fingerprint density at radius 2 is 1.73 bits per heavy atom. The lowest BCUT2D eigenvalue weighted by molar-refractivity contribution is -0.178. The average molecular weight is 491 g/mol. The Balaban J connectivity index is 1.73. The van der Waals surface area contributed by atoms with Crippen LogP contribution in [0.3, 0.4) is 0 Å². The van der Waals surface area contributed by atoms with Crippen LogP contribution in [-0.2, 0) is 16.3 Å². The molecule has 0 unspecified atom stereocenters. The van der Waals surface area contributed by atoms with Crippen molar-refractivity contribution in [2.24, 2.45) is 22.7 Å². The minimum atomic E-state index is -1.88. The highest BCUT2D eigenvalue weighted by molar-refractivity contribution is 7.98. The molecule has 0 aromatic heterocycles. The molecule has 2 N–H and O–H groups in total. The van der Waals surface area contributed by atoms with E-state index in [1.54, 1.807) is 11.8 Å². The number of benzene rings is 1. The molecule has 3 aliphatic rings. The summed E-state index contributed by atoms with van der Waals surface area (Å²) in [6.45, 7) is 21.3. The summed E-state index contributed by atoms with van der Waals surface area (Å²) in [5.74, 6) is 1.10. The van der Waals surface area contributed by atoms with Crippen molar-refractivity contribution in [3.05, 3.63) is 23.3 Å². The standard InChI is InChI=1S/C28H46O3SSi/c1-25(2,3)33(9,10)31-24-11-12-27(6)21(26(24,4)5)16-23(30)28(7)19-13-17(29)14-20(32-8)18(19)15-22(27)28/h13-14,21-24,29-30H,11-12,15-16H2,1-10H3/t21-,22+,23-,24-,27-,28-/m0/s1. The Kier molecular flexibility index (Phi) is 6.01. The van der Waals surface area contributed by atoms with Crippen LogP contribution in [0.5, 0.6) is 5.75 Å². The van der Waals surface area contributed by atoms with Crippen LogP contribution in [0.25, 0.3) is 0 Å². The monoisotopic (exact) mass is 490 g/mol. The molecule has 6 atom stereocenters. The number of aromatic hydroxyl groups is 1. The van der Waals surface area contributed by atoms with Gasteiger partial charge in [0.25, 0.3) is 0 Å². The summed E-state index contributed by atoms with van der Waals surface area (Å²) in [5, 5.41) is 22.4. The van der Waals surface area contributed by atoms with Gasteiger partial charge in [0, 0.05) is 10.3 Å². The second-order valence-electron chi connectivity index (χ2n) is 13.8. The van der Waals surface area contributed by atoms with Crippen molar-refractivity contribution in [3.63, 3.8) is 0 Å². The van der Waals surface area contributed by atoms with Crippen LogP contribution in [0.15, 0.2) is 17.0 Å². The minimum absolute atomic E-state index is 0.00405. The van der Waals surface area contributed by atoms with E-state index in [0.29, 0.717) is 17.6 Å². The molecule has 0 saturated heterocycles. The van der Waals surface area contributed by atoms with Crippen molar-refractivity contribution < 1.29 is 14.6 Å². The second-order valence-corrected chi connectivity index (χ2v) is 19.4. The number of aliphatic hydroxyl groups excluding tert-OH is 1. The number of aliphatic hydroxyl groups is 1. The predicted octanol–water partition coefficient (Wildman–Crippen LogP) is 7.14. The van der Waals surface area contributed by atoms with Crippen LogP contribution < -0.4 is 0 Å².